The van der Waals surface area contributed by atoms with Crippen LogP contribution in [-0.4, -0.2) is 20.6 Å². The van der Waals surface area contributed by atoms with Gasteiger partial charge >= 0.3 is 5.97 Å². The fraction of sp³-hybridized carbons (Fsp3) is 0. The summed E-state index contributed by atoms with van der Waals surface area (Å²) in [6, 6.07) is 15.7. The number of hydrogen-bond donors (Lipinski definition) is 1. The molecule has 0 aliphatic rings. The van der Waals surface area contributed by atoms with Gasteiger partial charge in [-0.1, -0.05) is 17.7 Å². The molecule has 138 valence electrons. The number of nitrogens with one attached hydrogen (secondary N) is 1. The molecule has 0 amide bonds. The number of nitrogens with zero attached hydrogens (tertiary/aromatic N) is 1. The number of esters is 1. The van der Waals surface area contributed by atoms with E-state index in [2.05, 4.69) is 9.93 Å². The van der Waals surface area contributed by atoms with Crippen molar-refractivity contribution in [3.8, 4) is 5.75 Å². The first-order chi connectivity index (χ1) is 12.9. The molecule has 0 spiro atoms. The highest BCUT2D eigenvalue weighted by Crippen LogP contribution is 2.16. The number of halogens is 1. The van der Waals surface area contributed by atoms with Gasteiger partial charge in [0.2, 0.25) is 0 Å². The highest BCUT2D eigenvalue weighted by Gasteiger charge is 2.12. The van der Waals surface area contributed by atoms with Crippen LogP contribution in [0.25, 0.3) is 0 Å². The summed E-state index contributed by atoms with van der Waals surface area (Å²) in [5.41, 5.74) is 0.629. The molecule has 0 saturated heterocycles. The average molecular weight is 421 g/mol. The largest absolute Gasteiger partial charge is 0.422 e. The minimum absolute atomic E-state index is 0.0555. The molecule has 1 N–H and O–H groups in total. The van der Waals surface area contributed by atoms with E-state index in [1.165, 1.54) is 41.8 Å². The quantitative estimate of drug-likeness (QED) is 0.283. The van der Waals surface area contributed by atoms with E-state index in [1.54, 1.807) is 41.8 Å². The number of rotatable bonds is 6. The third-order valence-corrected chi connectivity index (χ3v) is 5.66. The lowest BCUT2D eigenvalue weighted by atomic mass is 10.2. The smallest absolute Gasteiger partial charge is 0.353 e. The van der Waals surface area contributed by atoms with Crippen LogP contribution in [-0.2, 0) is 10.0 Å². The summed E-state index contributed by atoms with van der Waals surface area (Å²) in [5, 5.41) is 5.98. The van der Waals surface area contributed by atoms with Crippen molar-refractivity contribution in [2.24, 2.45) is 5.10 Å². The van der Waals surface area contributed by atoms with Crippen LogP contribution in [0.15, 0.2) is 76.0 Å². The average Bonchev–Trinajstić information content (AvgIpc) is 3.18. The lowest BCUT2D eigenvalue weighted by Gasteiger charge is -2.04. The molecule has 27 heavy (non-hydrogen) atoms. The molecule has 0 bridgehead atoms. The predicted molar refractivity (Wildman–Crippen MR) is 105 cm³/mol. The van der Waals surface area contributed by atoms with Gasteiger partial charge in [-0.3, -0.25) is 0 Å². The van der Waals surface area contributed by atoms with E-state index in [0.717, 1.165) is 0 Å². The van der Waals surface area contributed by atoms with Crippen LogP contribution in [0.5, 0.6) is 5.75 Å². The van der Waals surface area contributed by atoms with Crippen molar-refractivity contribution in [1.82, 2.24) is 4.83 Å². The first kappa shape index (κ1) is 19.1. The van der Waals surface area contributed by atoms with E-state index in [0.29, 0.717) is 21.2 Å². The molecular weight excluding hydrogens is 408 g/mol. The molecule has 3 rings (SSSR count). The zero-order valence-corrected chi connectivity index (χ0v) is 16.1. The van der Waals surface area contributed by atoms with Gasteiger partial charge in [-0.25, -0.2) is 9.63 Å². The number of sulfonamides is 1. The zero-order chi connectivity index (χ0) is 19.3. The Hall–Kier alpha value is -2.68. The van der Waals surface area contributed by atoms with E-state index in [1.807, 2.05) is 0 Å². The van der Waals surface area contributed by atoms with Gasteiger partial charge in [0.05, 0.1) is 11.1 Å². The molecule has 1 aromatic heterocycles. The van der Waals surface area contributed by atoms with Crippen LogP contribution in [0, 0.1) is 0 Å². The van der Waals surface area contributed by atoms with E-state index in [9.17, 15) is 13.2 Å². The molecule has 9 heteroatoms. The second-order valence-electron chi connectivity index (χ2n) is 5.24. The summed E-state index contributed by atoms with van der Waals surface area (Å²) >= 11 is 7.04. The van der Waals surface area contributed by atoms with Crippen molar-refractivity contribution >= 4 is 45.1 Å². The molecule has 6 nitrogen and oxygen atoms in total. The van der Waals surface area contributed by atoms with Crippen LogP contribution in [0.1, 0.15) is 15.2 Å². The maximum atomic E-state index is 12.1. The Morgan fingerprint density at radius 1 is 1.07 bits per heavy atom. The van der Waals surface area contributed by atoms with Gasteiger partial charge in [-0.15, -0.1) is 11.3 Å². The van der Waals surface area contributed by atoms with Crippen molar-refractivity contribution in [1.29, 1.82) is 0 Å². The highest BCUT2D eigenvalue weighted by molar-refractivity contribution is 7.89. The van der Waals surface area contributed by atoms with E-state index in [-0.39, 0.29) is 4.90 Å². The lowest BCUT2D eigenvalue weighted by Crippen LogP contribution is -2.18. The van der Waals surface area contributed by atoms with Crippen LogP contribution in [0.2, 0.25) is 5.02 Å². The Bertz CT molecular complexity index is 1050. The first-order valence-electron chi connectivity index (χ1n) is 7.60. The molecule has 0 aliphatic heterocycles. The molecule has 3 aromatic rings. The van der Waals surface area contributed by atoms with Crippen molar-refractivity contribution in [2.45, 2.75) is 4.90 Å². The van der Waals surface area contributed by atoms with Crippen LogP contribution < -0.4 is 9.57 Å². The zero-order valence-electron chi connectivity index (χ0n) is 13.7. The van der Waals surface area contributed by atoms with Crippen LogP contribution >= 0.6 is 22.9 Å². The lowest BCUT2D eigenvalue weighted by molar-refractivity contribution is 0.0740. The Morgan fingerprint density at radius 2 is 1.78 bits per heavy atom. The summed E-state index contributed by atoms with van der Waals surface area (Å²) in [4.78, 5) is 14.6. The maximum absolute atomic E-state index is 12.1. The number of carbonyl (C=O) groups excluding carboxylic acids is 1. The van der Waals surface area contributed by atoms with Gasteiger partial charge in [-0.05, 0) is 65.5 Å². The Morgan fingerprint density at radius 3 is 2.41 bits per heavy atom. The number of hydrazone groups is 1. The van der Waals surface area contributed by atoms with Gasteiger partial charge < -0.3 is 4.74 Å². The summed E-state index contributed by atoms with van der Waals surface area (Å²) in [6.07, 6.45) is 1.35. The molecular formula is C18H13ClN2O4S2. The van der Waals surface area contributed by atoms with Crippen molar-refractivity contribution in [3.05, 3.63) is 81.5 Å². The predicted octanol–water partition coefficient (Wildman–Crippen LogP) is 3.93. The van der Waals surface area contributed by atoms with Gasteiger partial charge in [-0.2, -0.15) is 13.5 Å². The molecule has 0 atom stereocenters. The summed E-state index contributed by atoms with van der Waals surface area (Å²) in [7, 11) is -3.77. The number of benzene rings is 2. The number of ether oxygens (including phenoxy) is 1. The topological polar surface area (TPSA) is 84.8 Å². The SMILES string of the molecule is O=C(Oc1ccc(C=NNS(=O)(=O)c2ccc(Cl)cc2)cc1)c1cccs1. The Kier molecular flexibility index (Phi) is 5.90. The first-order valence-corrected chi connectivity index (χ1v) is 10.3. The molecule has 1 heterocycles. The van der Waals surface area contributed by atoms with Crippen LogP contribution in [0.3, 0.4) is 0 Å². The van der Waals surface area contributed by atoms with Gasteiger partial charge in [0.15, 0.2) is 0 Å². The van der Waals surface area contributed by atoms with E-state index < -0.39 is 16.0 Å². The van der Waals surface area contributed by atoms with Gasteiger partial charge in [0.25, 0.3) is 10.0 Å². The molecule has 0 radical (unpaired) electrons. The molecule has 0 saturated carbocycles. The van der Waals surface area contributed by atoms with Crippen LogP contribution in [0.4, 0.5) is 0 Å². The van der Waals surface area contributed by atoms with Crippen molar-refractivity contribution in [3.63, 3.8) is 0 Å². The molecule has 2 aromatic carbocycles. The fourth-order valence-corrected chi connectivity index (χ4v) is 3.53. The number of thiophene rings is 1. The molecule has 0 fully saturated rings. The summed E-state index contributed by atoms with van der Waals surface area (Å²) in [6.45, 7) is 0. The highest BCUT2D eigenvalue weighted by atomic mass is 35.5. The second-order valence-corrected chi connectivity index (χ2v) is 8.29. The Balaban J connectivity index is 1.60. The fourth-order valence-electron chi connectivity index (χ4n) is 2.01. The van der Waals surface area contributed by atoms with Crippen molar-refractivity contribution < 1.29 is 17.9 Å². The number of carbonyl (C=O) groups is 1. The number of hydrogen-bond acceptors (Lipinski definition) is 6. The van der Waals surface area contributed by atoms with Crippen molar-refractivity contribution in [2.75, 3.05) is 0 Å². The minimum atomic E-state index is -3.77. The standard InChI is InChI=1S/C18H13ClN2O4S2/c19-14-5-9-16(10-6-14)27(23,24)21-20-12-13-3-7-15(8-4-13)25-18(22)17-2-1-11-26-17/h1-12,21H. The molecule has 0 unspecified atom stereocenters. The normalized spacial score (nSPS) is 11.4. The minimum Gasteiger partial charge on any atom is -0.422 e. The summed E-state index contributed by atoms with van der Waals surface area (Å²) in [5.74, 6) is -0.0468. The molecule has 0 aliphatic carbocycles. The second kappa shape index (κ2) is 8.34. The van der Waals surface area contributed by atoms with E-state index in [4.69, 9.17) is 16.3 Å². The third-order valence-electron chi connectivity index (χ3n) is 3.32. The Labute approximate surface area is 165 Å². The third kappa shape index (κ3) is 5.16. The maximum Gasteiger partial charge on any atom is 0.353 e. The van der Waals surface area contributed by atoms with Gasteiger partial charge in [0, 0.05) is 5.02 Å². The van der Waals surface area contributed by atoms with Gasteiger partial charge in [0.1, 0.15) is 10.6 Å². The van der Waals surface area contributed by atoms with E-state index >= 15 is 0 Å². The summed E-state index contributed by atoms with van der Waals surface area (Å²) < 4.78 is 29.4. The monoisotopic (exact) mass is 420 g/mol.